The van der Waals surface area contributed by atoms with Gasteiger partial charge in [0, 0.05) is 24.5 Å². The van der Waals surface area contributed by atoms with Gasteiger partial charge in [0.05, 0.1) is 11.9 Å². The van der Waals surface area contributed by atoms with Crippen LogP contribution in [-0.4, -0.2) is 14.8 Å². The molecule has 82 valence electrons. The molecule has 2 aromatic rings. The molecule has 3 rings (SSSR count). The van der Waals surface area contributed by atoms with Crippen molar-refractivity contribution in [1.29, 1.82) is 0 Å². The second kappa shape index (κ2) is 3.74. The first kappa shape index (κ1) is 9.58. The van der Waals surface area contributed by atoms with Crippen LogP contribution in [0.3, 0.4) is 0 Å². The Bertz CT molecular complexity index is 514. The summed E-state index contributed by atoms with van der Waals surface area (Å²) in [7, 11) is 1.93. The van der Waals surface area contributed by atoms with E-state index >= 15 is 0 Å². The third kappa shape index (κ3) is 1.62. The van der Waals surface area contributed by atoms with Gasteiger partial charge in [0.1, 0.15) is 0 Å². The van der Waals surface area contributed by atoms with Crippen LogP contribution in [0.25, 0.3) is 11.3 Å². The Morgan fingerprint density at radius 1 is 1.19 bits per heavy atom. The number of pyridine rings is 1. The molecule has 2 aromatic heterocycles. The van der Waals surface area contributed by atoms with E-state index in [9.17, 15) is 0 Å². The van der Waals surface area contributed by atoms with Gasteiger partial charge < -0.3 is 0 Å². The maximum Gasteiger partial charge on any atom is 0.0737 e. The summed E-state index contributed by atoms with van der Waals surface area (Å²) < 4.78 is 1.82. The number of fused-ring (bicyclic) bond motifs is 1. The monoisotopic (exact) mass is 213 g/mol. The van der Waals surface area contributed by atoms with Gasteiger partial charge in [0.2, 0.25) is 0 Å². The molecule has 0 atom stereocenters. The topological polar surface area (TPSA) is 30.7 Å². The maximum atomic E-state index is 4.74. The highest BCUT2D eigenvalue weighted by Gasteiger charge is 2.12. The molecule has 0 N–H and O–H groups in total. The van der Waals surface area contributed by atoms with Crippen molar-refractivity contribution in [3.63, 3.8) is 0 Å². The average molecular weight is 213 g/mol. The van der Waals surface area contributed by atoms with E-state index in [1.807, 2.05) is 24.1 Å². The summed E-state index contributed by atoms with van der Waals surface area (Å²) in [5.74, 6) is 0. The van der Waals surface area contributed by atoms with Gasteiger partial charge in [0.15, 0.2) is 0 Å². The standard InChI is InChI=1S/C13H15N3/c1-16-9-11(8-14-16)13-7-6-10-4-2-3-5-12(10)15-13/h6-9H,2-5H2,1H3. The van der Waals surface area contributed by atoms with E-state index in [4.69, 9.17) is 4.98 Å². The summed E-state index contributed by atoms with van der Waals surface area (Å²) in [4.78, 5) is 4.74. The quantitative estimate of drug-likeness (QED) is 0.728. The van der Waals surface area contributed by atoms with Gasteiger partial charge in [-0.3, -0.25) is 9.67 Å². The second-order valence-corrected chi connectivity index (χ2v) is 4.41. The molecule has 2 heterocycles. The fourth-order valence-corrected chi connectivity index (χ4v) is 2.30. The van der Waals surface area contributed by atoms with Crippen molar-refractivity contribution < 1.29 is 0 Å². The summed E-state index contributed by atoms with van der Waals surface area (Å²) in [6.07, 6.45) is 8.78. The second-order valence-electron chi connectivity index (χ2n) is 4.41. The molecule has 3 nitrogen and oxygen atoms in total. The van der Waals surface area contributed by atoms with E-state index in [0.717, 1.165) is 17.7 Å². The average Bonchev–Trinajstić information content (AvgIpc) is 2.75. The summed E-state index contributed by atoms with van der Waals surface area (Å²) >= 11 is 0. The van der Waals surface area contributed by atoms with Crippen LogP contribution in [0, 0.1) is 0 Å². The fraction of sp³-hybridized carbons (Fsp3) is 0.385. The molecule has 0 amide bonds. The SMILES string of the molecule is Cn1cc(-c2ccc3c(n2)CCCC3)cn1. The van der Waals surface area contributed by atoms with Crippen LogP contribution in [0.1, 0.15) is 24.1 Å². The zero-order chi connectivity index (χ0) is 11.0. The number of aromatic nitrogens is 3. The maximum absolute atomic E-state index is 4.74. The van der Waals surface area contributed by atoms with Gasteiger partial charge in [-0.25, -0.2) is 0 Å². The Kier molecular flexibility index (Phi) is 2.24. The fourth-order valence-electron chi connectivity index (χ4n) is 2.30. The van der Waals surface area contributed by atoms with Crippen molar-refractivity contribution in [3.8, 4) is 11.3 Å². The number of hydrogen-bond acceptors (Lipinski definition) is 2. The van der Waals surface area contributed by atoms with E-state index < -0.39 is 0 Å². The van der Waals surface area contributed by atoms with Crippen LogP contribution in [0.2, 0.25) is 0 Å². The number of rotatable bonds is 1. The van der Waals surface area contributed by atoms with Gasteiger partial charge in [-0.1, -0.05) is 6.07 Å². The lowest BCUT2D eigenvalue weighted by atomic mass is 9.95. The van der Waals surface area contributed by atoms with Crippen LogP contribution in [0.4, 0.5) is 0 Å². The van der Waals surface area contributed by atoms with Crippen molar-refractivity contribution in [2.75, 3.05) is 0 Å². The molecule has 0 aliphatic heterocycles. The Morgan fingerprint density at radius 2 is 2.06 bits per heavy atom. The number of hydrogen-bond donors (Lipinski definition) is 0. The minimum atomic E-state index is 1.05. The molecule has 0 aromatic carbocycles. The summed E-state index contributed by atoms with van der Waals surface area (Å²) in [6.45, 7) is 0. The third-order valence-electron chi connectivity index (χ3n) is 3.18. The van der Waals surface area contributed by atoms with Gasteiger partial charge in [-0.05, 0) is 37.3 Å². The molecule has 3 heteroatoms. The first-order chi connectivity index (χ1) is 7.83. The Hall–Kier alpha value is -1.64. The van der Waals surface area contributed by atoms with E-state index in [2.05, 4.69) is 17.2 Å². The Balaban J connectivity index is 2.02. The predicted octanol–water partition coefficient (Wildman–Crippen LogP) is 2.36. The first-order valence-electron chi connectivity index (χ1n) is 5.81. The van der Waals surface area contributed by atoms with Crippen LogP contribution < -0.4 is 0 Å². The zero-order valence-electron chi connectivity index (χ0n) is 9.48. The highest BCUT2D eigenvalue weighted by Crippen LogP contribution is 2.23. The summed E-state index contributed by atoms with van der Waals surface area (Å²) in [5.41, 5.74) is 4.87. The van der Waals surface area contributed by atoms with Crippen LogP contribution in [0.15, 0.2) is 24.5 Å². The molecule has 0 bridgehead atoms. The van der Waals surface area contributed by atoms with Crippen molar-refractivity contribution in [2.45, 2.75) is 25.7 Å². The molecule has 0 fully saturated rings. The van der Waals surface area contributed by atoms with E-state index in [1.165, 1.54) is 30.5 Å². The third-order valence-corrected chi connectivity index (χ3v) is 3.18. The molecule has 0 spiro atoms. The highest BCUT2D eigenvalue weighted by atomic mass is 15.2. The minimum Gasteiger partial charge on any atom is -0.275 e. The normalized spacial score (nSPS) is 14.8. The molecule has 0 radical (unpaired) electrons. The highest BCUT2D eigenvalue weighted by molar-refractivity contribution is 5.57. The van der Waals surface area contributed by atoms with E-state index in [0.29, 0.717) is 0 Å². The molecular formula is C13H15N3. The lowest BCUT2D eigenvalue weighted by Crippen LogP contribution is -2.05. The first-order valence-corrected chi connectivity index (χ1v) is 5.81. The number of nitrogens with zero attached hydrogens (tertiary/aromatic N) is 3. The smallest absolute Gasteiger partial charge is 0.0737 e. The van der Waals surface area contributed by atoms with E-state index in [-0.39, 0.29) is 0 Å². The van der Waals surface area contributed by atoms with E-state index in [1.54, 1.807) is 0 Å². The van der Waals surface area contributed by atoms with Crippen molar-refractivity contribution in [3.05, 3.63) is 35.8 Å². The van der Waals surface area contributed by atoms with Gasteiger partial charge >= 0.3 is 0 Å². The molecular weight excluding hydrogens is 198 g/mol. The Morgan fingerprint density at radius 3 is 2.88 bits per heavy atom. The predicted molar refractivity (Wildman–Crippen MR) is 63.1 cm³/mol. The number of aryl methyl sites for hydroxylation is 3. The Labute approximate surface area is 95.1 Å². The van der Waals surface area contributed by atoms with Gasteiger partial charge in [-0.2, -0.15) is 5.10 Å². The van der Waals surface area contributed by atoms with Crippen molar-refractivity contribution in [2.24, 2.45) is 7.05 Å². The summed E-state index contributed by atoms with van der Waals surface area (Å²) in [6, 6.07) is 4.34. The lowest BCUT2D eigenvalue weighted by Gasteiger charge is -2.14. The van der Waals surface area contributed by atoms with Crippen molar-refractivity contribution >= 4 is 0 Å². The van der Waals surface area contributed by atoms with Crippen LogP contribution in [0.5, 0.6) is 0 Å². The zero-order valence-corrected chi connectivity index (χ0v) is 9.48. The van der Waals surface area contributed by atoms with Crippen LogP contribution in [-0.2, 0) is 19.9 Å². The lowest BCUT2D eigenvalue weighted by molar-refractivity contribution is 0.668. The van der Waals surface area contributed by atoms with Crippen LogP contribution >= 0.6 is 0 Å². The molecule has 0 saturated carbocycles. The molecule has 0 saturated heterocycles. The van der Waals surface area contributed by atoms with Gasteiger partial charge in [0.25, 0.3) is 0 Å². The molecule has 1 aliphatic carbocycles. The largest absolute Gasteiger partial charge is 0.275 e. The molecule has 1 aliphatic rings. The minimum absolute atomic E-state index is 1.05. The summed E-state index contributed by atoms with van der Waals surface area (Å²) in [5, 5.41) is 4.18. The molecule has 0 unspecified atom stereocenters. The molecule has 16 heavy (non-hydrogen) atoms. The van der Waals surface area contributed by atoms with Gasteiger partial charge in [-0.15, -0.1) is 0 Å². The van der Waals surface area contributed by atoms with Crippen molar-refractivity contribution in [1.82, 2.24) is 14.8 Å².